The summed E-state index contributed by atoms with van der Waals surface area (Å²) in [6.45, 7) is 1.75. The van der Waals surface area contributed by atoms with Gasteiger partial charge in [0, 0.05) is 18.0 Å². The molecule has 0 N–H and O–H groups in total. The summed E-state index contributed by atoms with van der Waals surface area (Å²) in [6.07, 6.45) is -3.77. The fraction of sp³-hybridized carbons (Fsp3) is 0.118. The Labute approximate surface area is 147 Å². The second kappa shape index (κ2) is 6.07. The van der Waals surface area contributed by atoms with E-state index in [2.05, 4.69) is 4.74 Å². The number of benzene rings is 2. The van der Waals surface area contributed by atoms with Crippen molar-refractivity contribution in [3.8, 4) is 11.8 Å². The summed E-state index contributed by atoms with van der Waals surface area (Å²) in [5.74, 6) is -0.454. The van der Waals surface area contributed by atoms with Gasteiger partial charge in [-0.2, -0.15) is 5.26 Å². The molecule has 0 atom stereocenters. The molecule has 1 heterocycles. The average Bonchev–Trinajstić information content (AvgIpc) is 2.53. The molecule has 0 spiro atoms. The van der Waals surface area contributed by atoms with E-state index in [9.17, 15) is 26.9 Å². The number of nitriles is 1. The number of allylic oxidation sites excluding steroid dienone is 1. The Morgan fingerprint density at radius 1 is 1.15 bits per heavy atom. The fourth-order valence-electron chi connectivity index (χ4n) is 2.55. The van der Waals surface area contributed by atoms with Crippen LogP contribution in [0.25, 0.3) is 0 Å². The average molecular weight is 380 g/mol. The first-order valence-corrected chi connectivity index (χ1v) is 8.73. The molecule has 0 aliphatic carbocycles. The summed E-state index contributed by atoms with van der Waals surface area (Å²) in [7, 11) is -3.98. The Hall–Kier alpha value is -2.99. The van der Waals surface area contributed by atoms with E-state index in [0.717, 1.165) is 23.9 Å². The molecule has 0 saturated heterocycles. The number of alkyl halides is 3. The number of halogens is 3. The largest absolute Gasteiger partial charge is 0.573 e. The summed E-state index contributed by atoms with van der Waals surface area (Å²) < 4.78 is 66.2. The molecule has 0 unspecified atom stereocenters. The summed E-state index contributed by atoms with van der Waals surface area (Å²) in [4.78, 5) is 0.755. The fourth-order valence-corrected chi connectivity index (χ4v) is 3.83. The van der Waals surface area contributed by atoms with Crippen molar-refractivity contribution in [3.63, 3.8) is 0 Å². The minimum absolute atomic E-state index is 0.0932. The van der Waals surface area contributed by atoms with Crippen molar-refractivity contribution in [1.29, 1.82) is 5.26 Å². The molecule has 5 nitrogen and oxygen atoms in total. The van der Waals surface area contributed by atoms with Crippen molar-refractivity contribution in [3.05, 3.63) is 59.1 Å². The molecule has 134 valence electrons. The summed E-state index contributed by atoms with van der Waals surface area (Å²) >= 11 is 0. The maximum Gasteiger partial charge on any atom is 0.573 e. The smallest absolute Gasteiger partial charge is 0.406 e. The Balaban J connectivity index is 2.18. The lowest BCUT2D eigenvalue weighted by Gasteiger charge is -2.28. The van der Waals surface area contributed by atoms with Crippen molar-refractivity contribution in [2.75, 3.05) is 4.90 Å². The van der Waals surface area contributed by atoms with Gasteiger partial charge in [0.1, 0.15) is 11.8 Å². The summed E-state index contributed by atoms with van der Waals surface area (Å²) in [5, 5.41) is 9.18. The minimum Gasteiger partial charge on any atom is -0.406 e. The first-order chi connectivity index (χ1) is 12.1. The molecule has 26 heavy (non-hydrogen) atoms. The molecule has 0 fully saturated rings. The Morgan fingerprint density at radius 2 is 1.88 bits per heavy atom. The van der Waals surface area contributed by atoms with Crippen LogP contribution in [0.4, 0.5) is 24.5 Å². The molecule has 2 aromatic carbocycles. The van der Waals surface area contributed by atoms with Gasteiger partial charge < -0.3 is 9.64 Å². The molecule has 0 radical (unpaired) electrons. The van der Waals surface area contributed by atoms with E-state index in [-0.39, 0.29) is 16.3 Å². The lowest BCUT2D eigenvalue weighted by molar-refractivity contribution is -0.274. The van der Waals surface area contributed by atoms with Crippen LogP contribution < -0.4 is 9.64 Å². The Bertz CT molecular complexity index is 1050. The lowest BCUT2D eigenvalue weighted by atomic mass is 10.2. The summed E-state index contributed by atoms with van der Waals surface area (Å²) in [6, 6.07) is 11.2. The van der Waals surface area contributed by atoms with Gasteiger partial charge in [0.05, 0.1) is 10.6 Å². The van der Waals surface area contributed by atoms with E-state index in [1.807, 2.05) is 0 Å². The number of hydrogen-bond acceptors (Lipinski definition) is 5. The first kappa shape index (κ1) is 17.8. The van der Waals surface area contributed by atoms with Crippen LogP contribution in [0.5, 0.6) is 5.75 Å². The van der Waals surface area contributed by atoms with Crippen molar-refractivity contribution in [2.24, 2.45) is 0 Å². The van der Waals surface area contributed by atoms with Gasteiger partial charge in [0.25, 0.3) is 0 Å². The van der Waals surface area contributed by atoms with E-state index < -0.39 is 26.9 Å². The van der Waals surface area contributed by atoms with Crippen LogP contribution in [0.2, 0.25) is 0 Å². The van der Waals surface area contributed by atoms with Gasteiger partial charge in [-0.3, -0.25) is 0 Å². The highest BCUT2D eigenvalue weighted by Gasteiger charge is 2.33. The molecule has 0 aromatic heterocycles. The van der Waals surface area contributed by atoms with Crippen molar-refractivity contribution < 1.29 is 26.3 Å². The van der Waals surface area contributed by atoms with E-state index in [1.165, 1.54) is 23.1 Å². The molecule has 2 aromatic rings. The van der Waals surface area contributed by atoms with Crippen LogP contribution in [-0.2, 0) is 9.84 Å². The standard InChI is InChI=1S/C17H11F3N2O3S/c1-11-5-6-16-15(7-11)22(10-14(9-21)26(16,23)24)12-3-2-4-13(8-12)25-17(18,19)20/h2-8,10H,1H3. The molecular weight excluding hydrogens is 369 g/mol. The highest BCUT2D eigenvalue weighted by Crippen LogP contribution is 2.40. The predicted molar refractivity (Wildman–Crippen MR) is 87.3 cm³/mol. The number of nitrogens with zero attached hydrogens (tertiary/aromatic N) is 2. The second-order valence-corrected chi connectivity index (χ2v) is 7.38. The first-order valence-electron chi connectivity index (χ1n) is 7.24. The van der Waals surface area contributed by atoms with Gasteiger partial charge in [0.2, 0.25) is 9.84 Å². The minimum atomic E-state index is -4.86. The third-order valence-electron chi connectivity index (χ3n) is 3.64. The summed E-state index contributed by atoms with van der Waals surface area (Å²) in [5.41, 5.74) is 1.22. The van der Waals surface area contributed by atoms with E-state index in [4.69, 9.17) is 0 Å². The predicted octanol–water partition coefficient (Wildman–Crippen LogP) is 4.18. The molecule has 3 rings (SSSR count). The lowest BCUT2D eigenvalue weighted by Crippen LogP contribution is -2.22. The molecule has 0 bridgehead atoms. The van der Waals surface area contributed by atoms with Crippen molar-refractivity contribution in [1.82, 2.24) is 0 Å². The topological polar surface area (TPSA) is 70.4 Å². The highest BCUT2D eigenvalue weighted by atomic mass is 32.2. The number of fused-ring (bicyclic) bond motifs is 1. The Kier molecular flexibility index (Phi) is 4.16. The van der Waals surface area contributed by atoms with Crippen LogP contribution in [0.3, 0.4) is 0 Å². The number of anilines is 2. The van der Waals surface area contributed by atoms with E-state index >= 15 is 0 Å². The normalized spacial score (nSPS) is 15.7. The maximum atomic E-state index is 12.5. The molecule has 9 heteroatoms. The van der Waals surface area contributed by atoms with Crippen LogP contribution in [-0.4, -0.2) is 14.8 Å². The van der Waals surface area contributed by atoms with E-state index in [1.54, 1.807) is 25.1 Å². The number of sulfone groups is 1. The second-order valence-electron chi connectivity index (χ2n) is 5.49. The van der Waals surface area contributed by atoms with Crippen LogP contribution in [0.1, 0.15) is 5.56 Å². The number of aryl methyl sites for hydroxylation is 1. The molecule has 0 amide bonds. The number of rotatable bonds is 2. The van der Waals surface area contributed by atoms with E-state index in [0.29, 0.717) is 0 Å². The zero-order valence-corrected chi connectivity index (χ0v) is 14.1. The third-order valence-corrected chi connectivity index (χ3v) is 5.34. The van der Waals surface area contributed by atoms with Gasteiger partial charge in [-0.15, -0.1) is 13.2 Å². The van der Waals surface area contributed by atoms with Gasteiger partial charge in [-0.25, -0.2) is 8.42 Å². The zero-order valence-electron chi connectivity index (χ0n) is 13.3. The molecule has 1 aliphatic heterocycles. The maximum absolute atomic E-state index is 12.5. The van der Waals surface area contributed by atoms with Crippen LogP contribution in [0, 0.1) is 18.3 Å². The molecular formula is C17H11F3N2O3S. The SMILES string of the molecule is Cc1ccc2c(c1)N(c1cccc(OC(F)(F)F)c1)C=C(C#N)S2(=O)=O. The van der Waals surface area contributed by atoms with Gasteiger partial charge in [-0.05, 0) is 36.8 Å². The molecule has 0 saturated carbocycles. The van der Waals surface area contributed by atoms with Crippen molar-refractivity contribution >= 4 is 21.2 Å². The van der Waals surface area contributed by atoms with Gasteiger partial charge >= 0.3 is 6.36 Å². The zero-order chi connectivity index (χ0) is 19.1. The van der Waals surface area contributed by atoms with Gasteiger partial charge in [0.15, 0.2) is 4.91 Å². The van der Waals surface area contributed by atoms with Crippen molar-refractivity contribution in [2.45, 2.75) is 18.2 Å². The molecule has 1 aliphatic rings. The quantitative estimate of drug-likeness (QED) is 0.782. The highest BCUT2D eigenvalue weighted by molar-refractivity contribution is 7.95. The third kappa shape index (κ3) is 3.23. The number of hydrogen-bond donors (Lipinski definition) is 0. The van der Waals surface area contributed by atoms with Crippen LogP contribution in [0.15, 0.2) is 58.5 Å². The Morgan fingerprint density at radius 3 is 2.54 bits per heavy atom. The van der Waals surface area contributed by atoms with Crippen LogP contribution >= 0.6 is 0 Å². The number of ether oxygens (including phenoxy) is 1. The van der Waals surface area contributed by atoms with Gasteiger partial charge in [-0.1, -0.05) is 12.1 Å². The monoisotopic (exact) mass is 380 g/mol.